The van der Waals surface area contributed by atoms with E-state index in [2.05, 4.69) is 12.2 Å². The first-order valence-electron chi connectivity index (χ1n) is 15.3. The number of rotatable bonds is 13. The van der Waals surface area contributed by atoms with Gasteiger partial charge in [-0.05, 0) is 68.4 Å². The second kappa shape index (κ2) is 15.0. The van der Waals surface area contributed by atoms with Gasteiger partial charge in [-0.3, -0.25) is 0 Å². The third-order valence-corrected chi connectivity index (χ3v) is 9.21. The Morgan fingerprint density at radius 1 is 1.09 bits per heavy atom. The highest BCUT2D eigenvalue weighted by Crippen LogP contribution is 2.40. The molecule has 1 fully saturated rings. The van der Waals surface area contributed by atoms with E-state index in [1.54, 1.807) is 11.8 Å². The minimum atomic E-state index is -0.554. The van der Waals surface area contributed by atoms with Crippen LogP contribution in [0.4, 0.5) is 5.95 Å². The maximum Gasteiger partial charge on any atom is 0.338 e. The number of benzene rings is 2. The molecule has 1 aromatic heterocycles. The van der Waals surface area contributed by atoms with Gasteiger partial charge >= 0.3 is 5.97 Å². The number of unbranched alkanes of at least 4 members (excludes halogenated alkanes) is 3. The van der Waals surface area contributed by atoms with E-state index in [9.17, 15) is 4.79 Å². The van der Waals surface area contributed by atoms with Gasteiger partial charge in [0, 0.05) is 16.5 Å². The summed E-state index contributed by atoms with van der Waals surface area (Å²) in [7, 11) is 1.63. The number of nitrogens with zero attached hydrogens (tertiary/aromatic N) is 3. The van der Waals surface area contributed by atoms with Crippen molar-refractivity contribution in [2.45, 2.75) is 94.7 Å². The number of thioether (sulfide) groups is 1. The zero-order chi connectivity index (χ0) is 30.2. The van der Waals surface area contributed by atoms with Gasteiger partial charge in [-0.2, -0.15) is 4.98 Å². The van der Waals surface area contributed by atoms with E-state index in [1.165, 1.54) is 31.0 Å². The summed E-state index contributed by atoms with van der Waals surface area (Å²) in [6.07, 6.45) is 9.55. The monoisotopic (exact) mass is 624 g/mol. The molecule has 1 atom stereocenters. The van der Waals surface area contributed by atoms with Gasteiger partial charge in [0.2, 0.25) is 11.1 Å². The molecule has 2 heterocycles. The molecule has 1 saturated carbocycles. The van der Waals surface area contributed by atoms with Gasteiger partial charge in [-0.15, -0.1) is 5.10 Å². The fourth-order valence-electron chi connectivity index (χ4n) is 5.61. The maximum absolute atomic E-state index is 13.8. The SMILES string of the molecule is CCCCCCOc1ccc(C2C(C(=O)OC3CCCCC3)=C(C)Nc3nc(SCc4ccccc4Cl)nn32)cc1OC. The molecule has 0 saturated heterocycles. The van der Waals surface area contributed by atoms with Crippen molar-refractivity contribution in [3.63, 3.8) is 0 Å². The third-order valence-electron chi connectivity index (χ3n) is 7.95. The van der Waals surface area contributed by atoms with Crippen LogP contribution in [-0.2, 0) is 15.3 Å². The number of carbonyl (C=O) groups is 1. The molecule has 1 aliphatic heterocycles. The molecule has 1 aliphatic carbocycles. The van der Waals surface area contributed by atoms with Crippen molar-refractivity contribution in [1.82, 2.24) is 14.8 Å². The predicted octanol–water partition coefficient (Wildman–Crippen LogP) is 8.36. The molecule has 1 unspecified atom stereocenters. The number of methoxy groups -OCH3 is 1. The molecule has 43 heavy (non-hydrogen) atoms. The minimum absolute atomic E-state index is 0.0703. The summed E-state index contributed by atoms with van der Waals surface area (Å²) in [5, 5.41) is 9.48. The Bertz CT molecular complexity index is 1440. The highest BCUT2D eigenvalue weighted by molar-refractivity contribution is 7.98. The van der Waals surface area contributed by atoms with Crippen molar-refractivity contribution in [2.75, 3.05) is 19.0 Å². The van der Waals surface area contributed by atoms with E-state index in [-0.39, 0.29) is 12.1 Å². The van der Waals surface area contributed by atoms with Gasteiger partial charge in [0.1, 0.15) is 12.1 Å². The average Bonchev–Trinajstić information content (AvgIpc) is 3.42. The lowest BCUT2D eigenvalue weighted by molar-refractivity contribution is -0.146. The highest BCUT2D eigenvalue weighted by atomic mass is 35.5. The van der Waals surface area contributed by atoms with E-state index in [0.29, 0.717) is 51.3 Å². The Labute approximate surface area is 263 Å². The summed E-state index contributed by atoms with van der Waals surface area (Å²) >= 11 is 7.89. The zero-order valence-electron chi connectivity index (χ0n) is 25.2. The second-order valence-corrected chi connectivity index (χ2v) is 12.4. The lowest BCUT2D eigenvalue weighted by Crippen LogP contribution is -2.32. The molecule has 8 nitrogen and oxygen atoms in total. The first kappa shape index (κ1) is 31.3. The van der Waals surface area contributed by atoms with Crippen molar-refractivity contribution < 1.29 is 19.0 Å². The van der Waals surface area contributed by atoms with Crippen molar-refractivity contribution in [2.24, 2.45) is 0 Å². The van der Waals surface area contributed by atoms with Crippen LogP contribution in [0.25, 0.3) is 0 Å². The molecule has 230 valence electrons. The third kappa shape index (κ3) is 7.68. The number of halogens is 1. The van der Waals surface area contributed by atoms with E-state index < -0.39 is 6.04 Å². The zero-order valence-corrected chi connectivity index (χ0v) is 26.8. The number of fused-ring (bicyclic) bond motifs is 1. The molecule has 1 N–H and O–H groups in total. The standard InChI is InChI=1S/C33H41ClN4O4S/c1-4-5-6-12-19-41-27-18-17-23(20-28(27)40-3)30-29(31(39)42-25-14-8-7-9-15-25)22(2)35-32-36-33(37-38(30)32)43-21-24-13-10-11-16-26(24)34/h10-11,13,16-18,20,25,30H,4-9,12,14-15,19,21H2,1-3H3,(H,35,36,37). The number of aromatic nitrogens is 3. The Kier molecular flexibility index (Phi) is 10.9. The molecule has 5 rings (SSSR count). The van der Waals surface area contributed by atoms with E-state index in [0.717, 1.165) is 49.7 Å². The summed E-state index contributed by atoms with van der Waals surface area (Å²) in [6, 6.07) is 13.0. The van der Waals surface area contributed by atoms with Crippen LogP contribution in [0, 0.1) is 0 Å². The van der Waals surface area contributed by atoms with Crippen LogP contribution in [0.15, 0.2) is 58.9 Å². The molecule has 0 amide bonds. The molecule has 0 radical (unpaired) electrons. The van der Waals surface area contributed by atoms with Gasteiger partial charge < -0.3 is 19.5 Å². The lowest BCUT2D eigenvalue weighted by Gasteiger charge is -2.30. The molecular weight excluding hydrogens is 584 g/mol. The van der Waals surface area contributed by atoms with Gasteiger partial charge in [-0.25, -0.2) is 9.48 Å². The molecule has 2 aliphatic rings. The van der Waals surface area contributed by atoms with Crippen LogP contribution >= 0.6 is 23.4 Å². The largest absolute Gasteiger partial charge is 0.493 e. The topological polar surface area (TPSA) is 87.5 Å². The Morgan fingerprint density at radius 2 is 1.91 bits per heavy atom. The predicted molar refractivity (Wildman–Crippen MR) is 171 cm³/mol. The van der Waals surface area contributed by atoms with Gasteiger partial charge in [0.05, 0.1) is 19.3 Å². The number of hydrogen-bond acceptors (Lipinski definition) is 8. The quantitative estimate of drug-likeness (QED) is 0.115. The fraction of sp³-hybridized carbons (Fsp3) is 0.485. The first-order valence-corrected chi connectivity index (χ1v) is 16.7. The summed E-state index contributed by atoms with van der Waals surface area (Å²) < 4.78 is 19.7. The summed E-state index contributed by atoms with van der Waals surface area (Å²) in [6.45, 7) is 4.71. The summed E-state index contributed by atoms with van der Waals surface area (Å²) in [5.41, 5.74) is 3.05. The normalized spacial score (nSPS) is 16.9. The van der Waals surface area contributed by atoms with Crippen LogP contribution < -0.4 is 14.8 Å². The van der Waals surface area contributed by atoms with Crippen molar-refractivity contribution in [3.8, 4) is 11.5 Å². The number of carbonyl (C=O) groups excluding carboxylic acids is 1. The van der Waals surface area contributed by atoms with E-state index in [1.807, 2.05) is 49.4 Å². The number of nitrogens with one attached hydrogen (secondary N) is 1. The average molecular weight is 625 g/mol. The number of anilines is 1. The van der Waals surface area contributed by atoms with E-state index >= 15 is 0 Å². The maximum atomic E-state index is 13.8. The van der Waals surface area contributed by atoms with Gasteiger partial charge in [-0.1, -0.05) is 80.2 Å². The van der Waals surface area contributed by atoms with Crippen molar-refractivity contribution in [3.05, 3.63) is 69.9 Å². The minimum Gasteiger partial charge on any atom is -0.493 e. The smallest absolute Gasteiger partial charge is 0.338 e. The van der Waals surface area contributed by atoms with Crippen LogP contribution in [0.2, 0.25) is 5.02 Å². The highest BCUT2D eigenvalue weighted by Gasteiger charge is 2.37. The number of ether oxygens (including phenoxy) is 3. The van der Waals surface area contributed by atoms with Crippen molar-refractivity contribution in [1.29, 1.82) is 0 Å². The van der Waals surface area contributed by atoms with Gasteiger partial charge in [0.15, 0.2) is 11.5 Å². The molecule has 3 aromatic rings. The first-order chi connectivity index (χ1) is 21.0. The number of allylic oxidation sites excluding steroid dienone is 1. The van der Waals surface area contributed by atoms with Gasteiger partial charge in [0.25, 0.3) is 0 Å². The molecule has 10 heteroatoms. The second-order valence-electron chi connectivity index (χ2n) is 11.1. The Morgan fingerprint density at radius 3 is 2.67 bits per heavy atom. The van der Waals surface area contributed by atoms with E-state index in [4.69, 9.17) is 35.9 Å². The molecule has 0 bridgehead atoms. The molecule has 0 spiro atoms. The summed E-state index contributed by atoms with van der Waals surface area (Å²) in [4.78, 5) is 18.6. The Hall–Kier alpha value is -3.17. The number of esters is 1. The lowest BCUT2D eigenvalue weighted by atomic mass is 9.94. The fourth-order valence-corrected chi connectivity index (χ4v) is 6.72. The molecular formula is C33H41ClN4O4S. The van der Waals surface area contributed by atoms with Crippen LogP contribution in [0.1, 0.15) is 88.8 Å². The van der Waals surface area contributed by atoms with Crippen LogP contribution in [0.3, 0.4) is 0 Å². The summed E-state index contributed by atoms with van der Waals surface area (Å²) in [5.74, 6) is 2.14. The number of hydrogen-bond donors (Lipinski definition) is 1. The molecule has 2 aromatic carbocycles. The Balaban J connectivity index is 1.45. The van der Waals surface area contributed by atoms with Crippen LogP contribution in [0.5, 0.6) is 11.5 Å². The van der Waals surface area contributed by atoms with Crippen LogP contribution in [-0.4, -0.2) is 40.6 Å². The van der Waals surface area contributed by atoms with Crippen molar-refractivity contribution >= 4 is 35.3 Å².